The highest BCUT2D eigenvalue weighted by Crippen LogP contribution is 2.34. The van der Waals surface area contributed by atoms with Gasteiger partial charge in [0.15, 0.2) is 0 Å². The van der Waals surface area contributed by atoms with Crippen molar-refractivity contribution >= 4 is 17.6 Å². The fourth-order valence-corrected chi connectivity index (χ4v) is 3.43. The normalized spacial score (nSPS) is 24.0. The number of carboxylic acids is 1. The first kappa shape index (κ1) is 16.0. The molecule has 0 radical (unpaired) electrons. The summed E-state index contributed by atoms with van der Waals surface area (Å²) in [5, 5.41) is 21.4. The Kier molecular flexibility index (Phi) is 4.93. The van der Waals surface area contributed by atoms with Gasteiger partial charge < -0.3 is 10.4 Å². The Balaban J connectivity index is 1.61. The molecule has 1 aromatic carbocycles. The summed E-state index contributed by atoms with van der Waals surface area (Å²) in [5.74, 6) is -1.08. The van der Waals surface area contributed by atoms with Crippen molar-refractivity contribution in [1.29, 1.82) is 0 Å². The van der Waals surface area contributed by atoms with Crippen molar-refractivity contribution < 1.29 is 9.90 Å². The van der Waals surface area contributed by atoms with Crippen molar-refractivity contribution in [3.63, 3.8) is 0 Å². The summed E-state index contributed by atoms with van der Waals surface area (Å²) >= 11 is 5.99. The predicted molar refractivity (Wildman–Crippen MR) is 86.4 cm³/mol. The van der Waals surface area contributed by atoms with Gasteiger partial charge in [-0.05, 0) is 43.5 Å². The highest BCUT2D eigenvalue weighted by atomic mass is 35.5. The molecule has 0 bridgehead atoms. The van der Waals surface area contributed by atoms with Crippen LogP contribution in [0.15, 0.2) is 36.7 Å². The number of benzene rings is 1. The van der Waals surface area contributed by atoms with E-state index in [4.69, 9.17) is 11.6 Å². The van der Waals surface area contributed by atoms with Crippen LogP contribution in [0, 0.1) is 5.92 Å². The van der Waals surface area contributed by atoms with Gasteiger partial charge in [0.2, 0.25) is 0 Å². The number of hydrogen-bond donors (Lipinski definition) is 2. The molecule has 1 unspecified atom stereocenters. The molecule has 1 aliphatic carbocycles. The van der Waals surface area contributed by atoms with E-state index in [1.165, 1.54) is 0 Å². The molecule has 3 rings (SSSR count). The third-order valence-corrected chi connectivity index (χ3v) is 4.60. The van der Waals surface area contributed by atoms with Crippen LogP contribution < -0.4 is 5.32 Å². The smallest absolute Gasteiger partial charge is 0.306 e. The monoisotopic (exact) mass is 334 g/mol. The van der Waals surface area contributed by atoms with Crippen molar-refractivity contribution in [3.05, 3.63) is 47.2 Å². The zero-order valence-electron chi connectivity index (χ0n) is 12.6. The minimum absolute atomic E-state index is 0.0259. The topological polar surface area (TPSA) is 80.0 Å². The number of aliphatic carboxylic acids is 1. The quantitative estimate of drug-likeness (QED) is 0.846. The van der Waals surface area contributed by atoms with Crippen molar-refractivity contribution in [2.24, 2.45) is 5.92 Å². The van der Waals surface area contributed by atoms with Crippen LogP contribution >= 0.6 is 11.6 Å². The van der Waals surface area contributed by atoms with E-state index in [0.29, 0.717) is 12.8 Å². The van der Waals surface area contributed by atoms with Gasteiger partial charge in [-0.2, -0.15) is 0 Å². The van der Waals surface area contributed by atoms with Crippen LogP contribution in [-0.2, 0) is 11.2 Å². The molecule has 122 valence electrons. The number of nitrogens with one attached hydrogen (secondary N) is 1. The van der Waals surface area contributed by atoms with Gasteiger partial charge in [-0.1, -0.05) is 28.9 Å². The van der Waals surface area contributed by atoms with Gasteiger partial charge in [-0.25, -0.2) is 4.68 Å². The fraction of sp³-hybridized carbons (Fsp3) is 0.438. The molecule has 1 aromatic heterocycles. The molecule has 0 saturated heterocycles. The molecule has 0 spiro atoms. The molecule has 2 N–H and O–H groups in total. The first-order valence-corrected chi connectivity index (χ1v) is 8.07. The molecule has 0 amide bonds. The Morgan fingerprint density at radius 1 is 1.43 bits per heavy atom. The van der Waals surface area contributed by atoms with Gasteiger partial charge in [0.1, 0.15) is 0 Å². The summed E-state index contributed by atoms with van der Waals surface area (Å²) < 4.78 is 1.76. The lowest BCUT2D eigenvalue weighted by atomic mass is 10.1. The van der Waals surface area contributed by atoms with Gasteiger partial charge in [-0.15, -0.1) is 5.10 Å². The van der Waals surface area contributed by atoms with Crippen LogP contribution in [0.4, 0.5) is 0 Å². The summed E-state index contributed by atoms with van der Waals surface area (Å²) in [4.78, 5) is 11.3. The Morgan fingerprint density at radius 3 is 3.00 bits per heavy atom. The number of halogens is 1. The molecule has 1 heterocycles. The molecule has 0 aliphatic heterocycles. The molecular weight excluding hydrogens is 316 g/mol. The first-order valence-electron chi connectivity index (χ1n) is 7.70. The lowest BCUT2D eigenvalue weighted by Gasteiger charge is -2.20. The molecule has 1 fully saturated rings. The summed E-state index contributed by atoms with van der Waals surface area (Å²) in [6.07, 6.45) is 5.44. The molecule has 7 heteroatoms. The van der Waals surface area contributed by atoms with E-state index < -0.39 is 5.97 Å². The Bertz CT molecular complexity index is 662. The third-order valence-electron chi connectivity index (χ3n) is 4.37. The highest BCUT2D eigenvalue weighted by molar-refractivity contribution is 6.30. The second-order valence-corrected chi connectivity index (χ2v) is 6.33. The van der Waals surface area contributed by atoms with Gasteiger partial charge in [0, 0.05) is 17.3 Å². The van der Waals surface area contributed by atoms with E-state index in [1.54, 1.807) is 17.1 Å². The number of nitrogens with zero attached hydrogens (tertiary/aromatic N) is 3. The van der Waals surface area contributed by atoms with E-state index in [-0.39, 0.29) is 18.0 Å². The van der Waals surface area contributed by atoms with Crippen LogP contribution in [0.25, 0.3) is 0 Å². The predicted octanol–water partition coefficient (Wildman–Crippen LogP) is 2.17. The highest BCUT2D eigenvalue weighted by Gasteiger charge is 2.39. The average Bonchev–Trinajstić information content (AvgIpc) is 3.16. The molecule has 1 saturated carbocycles. The minimum Gasteiger partial charge on any atom is -0.481 e. The minimum atomic E-state index is -0.741. The van der Waals surface area contributed by atoms with Crippen molar-refractivity contribution in [2.45, 2.75) is 31.3 Å². The van der Waals surface area contributed by atoms with E-state index in [0.717, 1.165) is 23.6 Å². The maximum atomic E-state index is 11.3. The number of hydrogen-bond acceptors (Lipinski definition) is 4. The van der Waals surface area contributed by atoms with E-state index in [1.807, 2.05) is 24.3 Å². The van der Waals surface area contributed by atoms with Crippen LogP contribution in [0.5, 0.6) is 0 Å². The number of carboxylic acid groups (broad SMARTS) is 1. The zero-order valence-corrected chi connectivity index (χ0v) is 13.4. The second-order valence-electron chi connectivity index (χ2n) is 5.90. The molecule has 1 aliphatic rings. The van der Waals surface area contributed by atoms with E-state index in [2.05, 4.69) is 15.6 Å². The standard InChI is InChI=1S/C16H19ClN4O2/c17-13-3-1-2-11(8-13)4-5-18-14-9-12(16(22)23)10-15(14)21-7-6-19-20-21/h1-3,6-8,12,14-15,18H,4-5,9-10H2,(H,22,23)/t12?,14-,15+/m1/s1. The fourth-order valence-electron chi connectivity index (χ4n) is 3.22. The summed E-state index contributed by atoms with van der Waals surface area (Å²) in [6, 6.07) is 7.89. The van der Waals surface area contributed by atoms with E-state index >= 15 is 0 Å². The van der Waals surface area contributed by atoms with Gasteiger partial charge in [0.05, 0.1) is 18.2 Å². The van der Waals surface area contributed by atoms with Gasteiger partial charge in [-0.3, -0.25) is 4.79 Å². The Hall–Kier alpha value is -1.92. The molecule has 6 nitrogen and oxygen atoms in total. The third kappa shape index (κ3) is 3.89. The van der Waals surface area contributed by atoms with Crippen molar-refractivity contribution in [2.75, 3.05) is 6.54 Å². The van der Waals surface area contributed by atoms with Crippen molar-refractivity contribution in [1.82, 2.24) is 20.3 Å². The SMILES string of the molecule is O=C(O)C1C[C@@H](NCCc2cccc(Cl)c2)[C@@H](n2ccnn2)C1. The summed E-state index contributed by atoms with van der Waals surface area (Å²) in [5.41, 5.74) is 1.16. The van der Waals surface area contributed by atoms with Crippen LogP contribution in [0.3, 0.4) is 0 Å². The average molecular weight is 335 g/mol. The molecular formula is C16H19ClN4O2. The zero-order chi connectivity index (χ0) is 16.2. The van der Waals surface area contributed by atoms with Crippen LogP contribution in [0.1, 0.15) is 24.4 Å². The van der Waals surface area contributed by atoms with Crippen LogP contribution in [0.2, 0.25) is 5.02 Å². The van der Waals surface area contributed by atoms with Gasteiger partial charge in [0.25, 0.3) is 0 Å². The number of rotatable bonds is 6. The van der Waals surface area contributed by atoms with E-state index in [9.17, 15) is 9.90 Å². The van der Waals surface area contributed by atoms with Crippen LogP contribution in [-0.4, -0.2) is 38.7 Å². The summed E-state index contributed by atoms with van der Waals surface area (Å²) in [6.45, 7) is 0.766. The molecule has 3 atom stereocenters. The lowest BCUT2D eigenvalue weighted by Crippen LogP contribution is -2.35. The Labute approximate surface area is 139 Å². The van der Waals surface area contributed by atoms with Crippen molar-refractivity contribution in [3.8, 4) is 0 Å². The van der Waals surface area contributed by atoms with Gasteiger partial charge >= 0.3 is 5.97 Å². The number of aromatic nitrogens is 3. The first-order chi connectivity index (χ1) is 11.1. The number of carbonyl (C=O) groups is 1. The maximum absolute atomic E-state index is 11.3. The maximum Gasteiger partial charge on any atom is 0.306 e. The largest absolute Gasteiger partial charge is 0.481 e. The molecule has 2 aromatic rings. The summed E-state index contributed by atoms with van der Waals surface area (Å²) in [7, 11) is 0. The lowest BCUT2D eigenvalue weighted by molar-refractivity contribution is -0.141. The Morgan fingerprint density at radius 2 is 2.30 bits per heavy atom. The molecule has 23 heavy (non-hydrogen) atoms. The second kappa shape index (κ2) is 7.10.